The second-order valence-electron chi connectivity index (χ2n) is 5.50. The van der Waals surface area contributed by atoms with Crippen LogP contribution >= 0.6 is 0 Å². The van der Waals surface area contributed by atoms with E-state index < -0.39 is 5.97 Å². The highest BCUT2D eigenvalue weighted by Gasteiger charge is 2.24. The second-order valence-corrected chi connectivity index (χ2v) is 5.50. The molecule has 1 saturated carbocycles. The van der Waals surface area contributed by atoms with Crippen molar-refractivity contribution in [2.45, 2.75) is 32.6 Å². The minimum Gasteiger partial charge on any atom is -0.478 e. The van der Waals surface area contributed by atoms with E-state index in [4.69, 9.17) is 5.11 Å². The van der Waals surface area contributed by atoms with E-state index in [0.717, 1.165) is 19.4 Å². The van der Waals surface area contributed by atoms with Crippen LogP contribution in [0.5, 0.6) is 0 Å². The van der Waals surface area contributed by atoms with Gasteiger partial charge < -0.3 is 15.5 Å². The smallest absolute Gasteiger partial charge is 0.337 e. The van der Waals surface area contributed by atoms with E-state index in [1.54, 1.807) is 19.1 Å². The van der Waals surface area contributed by atoms with E-state index >= 15 is 0 Å². The van der Waals surface area contributed by atoms with Crippen LogP contribution in [0.15, 0.2) is 12.1 Å². The van der Waals surface area contributed by atoms with Crippen LogP contribution in [0.2, 0.25) is 0 Å². The van der Waals surface area contributed by atoms with Gasteiger partial charge in [0.2, 0.25) is 0 Å². The summed E-state index contributed by atoms with van der Waals surface area (Å²) in [5.41, 5.74) is 0.756. The predicted molar refractivity (Wildman–Crippen MR) is 77.0 cm³/mol. The summed E-state index contributed by atoms with van der Waals surface area (Å²) >= 11 is 0. The number of aryl methyl sites for hydroxylation is 1. The molecule has 1 aliphatic carbocycles. The Balaban J connectivity index is 1.96. The van der Waals surface area contributed by atoms with E-state index in [2.05, 4.69) is 10.3 Å². The summed E-state index contributed by atoms with van der Waals surface area (Å²) in [7, 11) is 0. The molecule has 0 bridgehead atoms. The van der Waals surface area contributed by atoms with E-state index in [-0.39, 0.29) is 12.2 Å². The normalized spacial score (nSPS) is 22.5. The molecule has 3 N–H and O–H groups in total. The average Bonchev–Trinajstić information content (AvgIpc) is 2.45. The highest BCUT2D eigenvalue weighted by molar-refractivity contribution is 5.89. The summed E-state index contributed by atoms with van der Waals surface area (Å²) in [6, 6.07) is 3.28. The zero-order valence-electron chi connectivity index (χ0n) is 11.8. The molecule has 1 aromatic heterocycles. The average molecular weight is 278 g/mol. The SMILES string of the molecule is Cc1nc(NCC2CCCCC2CO)ccc1C(=O)O. The highest BCUT2D eigenvalue weighted by Crippen LogP contribution is 2.29. The number of carboxylic acid groups (broad SMARTS) is 1. The Morgan fingerprint density at radius 1 is 1.35 bits per heavy atom. The summed E-state index contributed by atoms with van der Waals surface area (Å²) in [5, 5.41) is 21.6. The quantitative estimate of drug-likeness (QED) is 0.770. The fourth-order valence-electron chi connectivity index (χ4n) is 2.91. The van der Waals surface area contributed by atoms with E-state index in [9.17, 15) is 9.90 Å². The molecule has 1 aromatic rings. The van der Waals surface area contributed by atoms with Crippen LogP contribution in [0.4, 0.5) is 5.82 Å². The Bertz CT molecular complexity index is 476. The molecule has 0 aromatic carbocycles. The number of anilines is 1. The molecule has 1 fully saturated rings. The summed E-state index contributed by atoms with van der Waals surface area (Å²) in [6.45, 7) is 2.73. The molecule has 0 radical (unpaired) electrons. The number of rotatable bonds is 5. The van der Waals surface area contributed by atoms with Crippen molar-refractivity contribution in [3.63, 3.8) is 0 Å². The van der Waals surface area contributed by atoms with Gasteiger partial charge >= 0.3 is 5.97 Å². The van der Waals surface area contributed by atoms with Crippen LogP contribution in [0, 0.1) is 18.8 Å². The number of pyridine rings is 1. The monoisotopic (exact) mass is 278 g/mol. The summed E-state index contributed by atoms with van der Waals surface area (Å²) < 4.78 is 0. The molecule has 1 aliphatic rings. The number of aliphatic hydroxyl groups excluding tert-OH is 1. The summed E-state index contributed by atoms with van der Waals surface area (Å²) in [6.07, 6.45) is 4.64. The fraction of sp³-hybridized carbons (Fsp3) is 0.600. The van der Waals surface area contributed by atoms with Crippen LogP contribution in [0.3, 0.4) is 0 Å². The number of aromatic carboxylic acids is 1. The van der Waals surface area contributed by atoms with Crippen molar-refractivity contribution in [2.75, 3.05) is 18.5 Å². The minimum absolute atomic E-state index is 0.237. The predicted octanol–water partition coefficient (Wildman–Crippen LogP) is 2.30. The maximum atomic E-state index is 10.9. The Labute approximate surface area is 119 Å². The zero-order chi connectivity index (χ0) is 14.5. The number of aliphatic hydroxyl groups is 1. The standard InChI is InChI=1S/C15H22N2O3/c1-10-13(15(19)20)6-7-14(17-10)16-8-11-4-2-3-5-12(11)9-18/h6-7,11-12,18H,2-5,8-9H2,1H3,(H,16,17)(H,19,20). The third-order valence-corrected chi connectivity index (χ3v) is 4.16. The van der Waals surface area contributed by atoms with Gasteiger partial charge in [0, 0.05) is 13.2 Å². The first-order valence-corrected chi connectivity index (χ1v) is 7.17. The first-order valence-electron chi connectivity index (χ1n) is 7.17. The zero-order valence-corrected chi connectivity index (χ0v) is 11.8. The number of nitrogens with one attached hydrogen (secondary N) is 1. The molecule has 0 amide bonds. The molecule has 20 heavy (non-hydrogen) atoms. The van der Waals surface area contributed by atoms with Gasteiger partial charge in [-0.25, -0.2) is 9.78 Å². The Hall–Kier alpha value is -1.62. The molecular weight excluding hydrogens is 256 g/mol. The molecule has 110 valence electrons. The van der Waals surface area contributed by atoms with Gasteiger partial charge in [0.15, 0.2) is 0 Å². The van der Waals surface area contributed by atoms with Crippen molar-refractivity contribution in [2.24, 2.45) is 11.8 Å². The first-order chi connectivity index (χ1) is 9.61. The van der Waals surface area contributed by atoms with E-state index in [1.165, 1.54) is 12.8 Å². The topological polar surface area (TPSA) is 82.5 Å². The molecule has 5 nitrogen and oxygen atoms in total. The lowest BCUT2D eigenvalue weighted by Gasteiger charge is -2.30. The van der Waals surface area contributed by atoms with Crippen molar-refractivity contribution in [1.29, 1.82) is 0 Å². The molecule has 0 aliphatic heterocycles. The lowest BCUT2D eigenvalue weighted by atomic mass is 9.79. The van der Waals surface area contributed by atoms with Crippen molar-refractivity contribution >= 4 is 11.8 Å². The molecule has 0 spiro atoms. The molecule has 1 heterocycles. The van der Waals surface area contributed by atoms with Gasteiger partial charge in [0.1, 0.15) is 5.82 Å². The lowest BCUT2D eigenvalue weighted by Crippen LogP contribution is -2.28. The maximum Gasteiger partial charge on any atom is 0.337 e. The molecule has 0 saturated heterocycles. The molecular formula is C15H22N2O3. The van der Waals surface area contributed by atoms with E-state index in [0.29, 0.717) is 23.3 Å². The van der Waals surface area contributed by atoms with E-state index in [1.807, 2.05) is 0 Å². The van der Waals surface area contributed by atoms with Gasteiger partial charge in [-0.3, -0.25) is 0 Å². The number of nitrogens with zero attached hydrogens (tertiary/aromatic N) is 1. The summed E-state index contributed by atoms with van der Waals surface area (Å²) in [4.78, 5) is 15.2. The maximum absolute atomic E-state index is 10.9. The van der Waals surface area contributed by atoms with Crippen LogP contribution in [-0.2, 0) is 0 Å². The number of hydrogen-bond donors (Lipinski definition) is 3. The largest absolute Gasteiger partial charge is 0.478 e. The lowest BCUT2D eigenvalue weighted by molar-refractivity contribution is 0.0695. The molecule has 2 rings (SSSR count). The Morgan fingerprint density at radius 2 is 2.05 bits per heavy atom. The van der Waals surface area contributed by atoms with Crippen LogP contribution in [0.25, 0.3) is 0 Å². The second kappa shape index (κ2) is 6.70. The molecule has 2 atom stereocenters. The van der Waals surface area contributed by atoms with Crippen molar-refractivity contribution in [3.8, 4) is 0 Å². The van der Waals surface area contributed by atoms with Gasteiger partial charge in [-0.05, 0) is 43.7 Å². The minimum atomic E-state index is -0.950. The van der Waals surface area contributed by atoms with Crippen LogP contribution < -0.4 is 5.32 Å². The molecule has 5 heteroatoms. The van der Waals surface area contributed by atoms with Gasteiger partial charge in [-0.2, -0.15) is 0 Å². The third kappa shape index (κ3) is 3.48. The van der Waals surface area contributed by atoms with Crippen molar-refractivity contribution in [3.05, 3.63) is 23.4 Å². The molecule has 2 unspecified atom stereocenters. The van der Waals surface area contributed by atoms with Gasteiger partial charge in [0.05, 0.1) is 11.3 Å². The first kappa shape index (κ1) is 14.8. The summed E-state index contributed by atoms with van der Waals surface area (Å²) in [5.74, 6) is 0.592. The Morgan fingerprint density at radius 3 is 2.65 bits per heavy atom. The number of aromatic nitrogens is 1. The van der Waals surface area contributed by atoms with Crippen molar-refractivity contribution < 1.29 is 15.0 Å². The number of carboxylic acids is 1. The van der Waals surface area contributed by atoms with Crippen LogP contribution in [0.1, 0.15) is 41.7 Å². The van der Waals surface area contributed by atoms with Gasteiger partial charge in [-0.15, -0.1) is 0 Å². The number of hydrogen-bond acceptors (Lipinski definition) is 4. The van der Waals surface area contributed by atoms with Crippen molar-refractivity contribution in [1.82, 2.24) is 4.98 Å². The highest BCUT2D eigenvalue weighted by atomic mass is 16.4. The Kier molecular flexibility index (Phi) is 4.95. The van der Waals surface area contributed by atoms with Gasteiger partial charge in [-0.1, -0.05) is 12.8 Å². The number of carbonyl (C=O) groups is 1. The fourth-order valence-corrected chi connectivity index (χ4v) is 2.91. The third-order valence-electron chi connectivity index (χ3n) is 4.16. The van der Waals surface area contributed by atoms with Crippen LogP contribution in [-0.4, -0.2) is 34.3 Å². The van der Waals surface area contributed by atoms with Gasteiger partial charge in [0.25, 0.3) is 0 Å².